The van der Waals surface area contributed by atoms with Gasteiger partial charge >= 0.3 is 0 Å². The molecule has 0 bridgehead atoms. The summed E-state index contributed by atoms with van der Waals surface area (Å²) in [6, 6.07) is 8.60. The maximum Gasteiger partial charge on any atom is 0.122 e. The summed E-state index contributed by atoms with van der Waals surface area (Å²) in [4.78, 5) is 0. The Labute approximate surface area is 105 Å². The normalized spacial score (nSPS) is 12.8. The van der Waals surface area contributed by atoms with Crippen LogP contribution < -0.4 is 10.5 Å². The Morgan fingerprint density at radius 2 is 1.94 bits per heavy atom. The summed E-state index contributed by atoms with van der Waals surface area (Å²) in [5, 5.41) is 0. The zero-order valence-corrected chi connectivity index (χ0v) is 11.3. The fraction of sp³-hybridized carbons (Fsp3) is 0.600. The molecule has 1 aromatic carbocycles. The van der Waals surface area contributed by atoms with Crippen molar-refractivity contribution in [2.75, 3.05) is 6.61 Å². The smallest absolute Gasteiger partial charge is 0.122 e. The Hall–Kier alpha value is -1.02. The van der Waals surface area contributed by atoms with Gasteiger partial charge in [0.1, 0.15) is 5.75 Å². The molecule has 0 spiro atoms. The Bertz CT molecular complexity index is 322. The zero-order valence-electron chi connectivity index (χ0n) is 11.3. The highest BCUT2D eigenvalue weighted by Gasteiger charge is 2.06. The van der Waals surface area contributed by atoms with E-state index in [1.807, 2.05) is 6.07 Å². The molecule has 0 aliphatic rings. The number of para-hydroxylation sites is 1. The molecule has 1 atom stereocenters. The summed E-state index contributed by atoms with van der Waals surface area (Å²) in [5.41, 5.74) is 7.16. The van der Waals surface area contributed by atoms with Crippen LogP contribution in [0.3, 0.4) is 0 Å². The Morgan fingerprint density at radius 3 is 2.59 bits per heavy atom. The first kappa shape index (κ1) is 14.0. The summed E-state index contributed by atoms with van der Waals surface area (Å²) < 4.78 is 5.84. The summed E-state index contributed by atoms with van der Waals surface area (Å²) in [7, 11) is 0. The van der Waals surface area contributed by atoms with Gasteiger partial charge in [0.05, 0.1) is 6.61 Å². The predicted octanol–water partition coefficient (Wildman–Crippen LogP) is 3.71. The van der Waals surface area contributed by atoms with Crippen molar-refractivity contribution in [3.63, 3.8) is 0 Å². The number of benzene rings is 1. The van der Waals surface area contributed by atoms with Gasteiger partial charge in [0, 0.05) is 6.04 Å². The number of nitrogens with two attached hydrogens (primary N) is 1. The Kier molecular flexibility index (Phi) is 6.06. The lowest BCUT2D eigenvalue weighted by molar-refractivity contribution is 0.297. The third-order valence-electron chi connectivity index (χ3n) is 3.04. The third-order valence-corrected chi connectivity index (χ3v) is 3.04. The van der Waals surface area contributed by atoms with Gasteiger partial charge in [-0.25, -0.2) is 0 Å². The van der Waals surface area contributed by atoms with Gasteiger partial charge in [-0.05, 0) is 36.8 Å². The fourth-order valence-electron chi connectivity index (χ4n) is 1.82. The summed E-state index contributed by atoms with van der Waals surface area (Å²) in [6.45, 7) is 7.27. The van der Waals surface area contributed by atoms with Crippen LogP contribution in [0.5, 0.6) is 5.75 Å². The number of hydrogen-bond acceptors (Lipinski definition) is 2. The summed E-state index contributed by atoms with van der Waals surface area (Å²) in [5.74, 6) is 1.52. The highest BCUT2D eigenvalue weighted by atomic mass is 16.5. The number of rotatable bonds is 7. The molecular weight excluding hydrogens is 210 g/mol. The van der Waals surface area contributed by atoms with E-state index < -0.39 is 0 Å². The maximum atomic E-state index is 5.87. The van der Waals surface area contributed by atoms with Gasteiger partial charge in [0.25, 0.3) is 0 Å². The van der Waals surface area contributed by atoms with E-state index in [0.717, 1.165) is 31.6 Å². The van der Waals surface area contributed by atoms with Crippen LogP contribution in [0.2, 0.25) is 0 Å². The molecule has 17 heavy (non-hydrogen) atoms. The SMILES string of the molecule is CCC(N)CCCOc1ccccc1C(C)C. The van der Waals surface area contributed by atoms with Gasteiger partial charge in [-0.2, -0.15) is 0 Å². The average Bonchev–Trinajstić information content (AvgIpc) is 2.34. The van der Waals surface area contributed by atoms with Crippen molar-refractivity contribution in [1.29, 1.82) is 0 Å². The topological polar surface area (TPSA) is 35.2 Å². The van der Waals surface area contributed by atoms with Gasteiger partial charge in [-0.1, -0.05) is 39.0 Å². The van der Waals surface area contributed by atoms with Gasteiger partial charge in [-0.3, -0.25) is 0 Å². The summed E-state index contributed by atoms with van der Waals surface area (Å²) >= 11 is 0. The van der Waals surface area contributed by atoms with E-state index in [9.17, 15) is 0 Å². The standard InChI is InChI=1S/C15H25NO/c1-4-13(16)8-7-11-17-15-10-6-5-9-14(15)12(2)3/h5-6,9-10,12-13H,4,7-8,11,16H2,1-3H3. The molecule has 0 radical (unpaired) electrons. The van der Waals surface area contributed by atoms with E-state index in [0.29, 0.717) is 12.0 Å². The van der Waals surface area contributed by atoms with Crippen molar-refractivity contribution in [2.45, 2.75) is 52.0 Å². The number of ether oxygens (including phenoxy) is 1. The van der Waals surface area contributed by atoms with Crippen molar-refractivity contribution in [3.05, 3.63) is 29.8 Å². The fourth-order valence-corrected chi connectivity index (χ4v) is 1.82. The lowest BCUT2D eigenvalue weighted by Gasteiger charge is -2.14. The van der Waals surface area contributed by atoms with Crippen LogP contribution in [0.25, 0.3) is 0 Å². The molecule has 0 amide bonds. The first-order valence-corrected chi connectivity index (χ1v) is 6.62. The molecule has 0 saturated carbocycles. The average molecular weight is 235 g/mol. The highest BCUT2D eigenvalue weighted by Crippen LogP contribution is 2.25. The van der Waals surface area contributed by atoms with Crippen LogP contribution in [-0.2, 0) is 0 Å². The van der Waals surface area contributed by atoms with Gasteiger partial charge in [-0.15, -0.1) is 0 Å². The van der Waals surface area contributed by atoms with Gasteiger partial charge in [0.15, 0.2) is 0 Å². The van der Waals surface area contributed by atoms with E-state index >= 15 is 0 Å². The lowest BCUT2D eigenvalue weighted by Crippen LogP contribution is -2.19. The van der Waals surface area contributed by atoms with E-state index in [1.54, 1.807) is 0 Å². The van der Waals surface area contributed by atoms with E-state index in [-0.39, 0.29) is 0 Å². The molecule has 0 aromatic heterocycles. The second-order valence-corrected chi connectivity index (χ2v) is 4.85. The third kappa shape index (κ3) is 4.78. The van der Waals surface area contributed by atoms with E-state index in [1.165, 1.54) is 5.56 Å². The largest absolute Gasteiger partial charge is 0.493 e. The predicted molar refractivity (Wildman–Crippen MR) is 73.5 cm³/mol. The number of hydrogen-bond donors (Lipinski definition) is 1. The quantitative estimate of drug-likeness (QED) is 0.731. The Morgan fingerprint density at radius 1 is 1.24 bits per heavy atom. The molecule has 1 aromatic rings. The molecule has 0 aliphatic carbocycles. The van der Waals surface area contributed by atoms with Crippen molar-refractivity contribution in [2.24, 2.45) is 5.73 Å². The minimum Gasteiger partial charge on any atom is -0.493 e. The summed E-state index contributed by atoms with van der Waals surface area (Å²) in [6.07, 6.45) is 3.12. The molecular formula is C15H25NO. The van der Waals surface area contributed by atoms with Crippen LogP contribution in [0.15, 0.2) is 24.3 Å². The van der Waals surface area contributed by atoms with Crippen molar-refractivity contribution < 1.29 is 4.74 Å². The first-order chi connectivity index (χ1) is 8.15. The van der Waals surface area contributed by atoms with Gasteiger partial charge < -0.3 is 10.5 Å². The maximum absolute atomic E-state index is 5.87. The van der Waals surface area contributed by atoms with Crippen LogP contribution in [0, 0.1) is 0 Å². The van der Waals surface area contributed by atoms with Crippen LogP contribution >= 0.6 is 0 Å². The molecule has 0 heterocycles. The molecule has 2 nitrogen and oxygen atoms in total. The molecule has 0 aliphatic heterocycles. The van der Waals surface area contributed by atoms with Crippen molar-refractivity contribution in [1.82, 2.24) is 0 Å². The molecule has 2 N–H and O–H groups in total. The second-order valence-electron chi connectivity index (χ2n) is 4.85. The van der Waals surface area contributed by atoms with Crippen LogP contribution in [0.4, 0.5) is 0 Å². The first-order valence-electron chi connectivity index (χ1n) is 6.62. The molecule has 1 unspecified atom stereocenters. The van der Waals surface area contributed by atoms with E-state index in [4.69, 9.17) is 10.5 Å². The van der Waals surface area contributed by atoms with Crippen molar-refractivity contribution >= 4 is 0 Å². The highest BCUT2D eigenvalue weighted by molar-refractivity contribution is 5.35. The second kappa shape index (κ2) is 7.33. The molecule has 96 valence electrons. The molecule has 0 saturated heterocycles. The van der Waals surface area contributed by atoms with E-state index in [2.05, 4.69) is 39.0 Å². The van der Waals surface area contributed by atoms with Gasteiger partial charge in [0.2, 0.25) is 0 Å². The zero-order chi connectivity index (χ0) is 12.7. The molecule has 2 heteroatoms. The molecule has 0 fully saturated rings. The monoisotopic (exact) mass is 235 g/mol. The van der Waals surface area contributed by atoms with Crippen molar-refractivity contribution in [3.8, 4) is 5.75 Å². The molecule has 1 rings (SSSR count). The lowest BCUT2D eigenvalue weighted by atomic mass is 10.0. The minimum atomic E-state index is 0.318. The minimum absolute atomic E-state index is 0.318. The Balaban J connectivity index is 2.41. The van der Waals surface area contributed by atoms with Crippen LogP contribution in [0.1, 0.15) is 51.5 Å². The van der Waals surface area contributed by atoms with Crippen LogP contribution in [-0.4, -0.2) is 12.6 Å².